The lowest BCUT2D eigenvalue weighted by molar-refractivity contribution is 0.196. The second-order valence-corrected chi connectivity index (χ2v) is 5.67. The van der Waals surface area contributed by atoms with Crippen LogP contribution in [0.15, 0.2) is 18.2 Å². The van der Waals surface area contributed by atoms with Gasteiger partial charge in [-0.25, -0.2) is 4.39 Å². The first-order valence-electron chi connectivity index (χ1n) is 6.84. The first-order valence-corrected chi connectivity index (χ1v) is 7.21. The number of rotatable bonds is 6. The van der Waals surface area contributed by atoms with Crippen LogP contribution in [0.2, 0.25) is 5.02 Å². The van der Waals surface area contributed by atoms with Crippen LogP contribution in [0.1, 0.15) is 31.2 Å². The molecule has 0 saturated heterocycles. The van der Waals surface area contributed by atoms with Crippen molar-refractivity contribution >= 4 is 11.6 Å². The normalized spacial score (nSPS) is 17.8. The van der Waals surface area contributed by atoms with Gasteiger partial charge in [0.25, 0.3) is 0 Å². The minimum absolute atomic E-state index is 0.108. The maximum Gasteiger partial charge on any atom is 0.145 e. The fourth-order valence-electron chi connectivity index (χ4n) is 3.01. The summed E-state index contributed by atoms with van der Waals surface area (Å²) in [5, 5.41) is 3.60. The lowest BCUT2D eigenvalue weighted by Gasteiger charge is -2.30. The SMILES string of the molecule is COCCNCC1(c2cccc(Cl)c2F)CCCC1. The molecule has 0 heterocycles. The Bertz CT molecular complexity index is 419. The van der Waals surface area contributed by atoms with Crippen LogP contribution < -0.4 is 5.32 Å². The summed E-state index contributed by atoms with van der Waals surface area (Å²) in [4.78, 5) is 0. The third-order valence-electron chi connectivity index (χ3n) is 4.03. The van der Waals surface area contributed by atoms with Crippen LogP contribution in [0.5, 0.6) is 0 Å². The van der Waals surface area contributed by atoms with E-state index in [2.05, 4.69) is 5.32 Å². The Morgan fingerprint density at radius 2 is 2.11 bits per heavy atom. The van der Waals surface area contributed by atoms with Crippen molar-refractivity contribution in [1.82, 2.24) is 5.32 Å². The molecular formula is C15H21ClFNO. The van der Waals surface area contributed by atoms with Crippen molar-refractivity contribution in [1.29, 1.82) is 0 Å². The van der Waals surface area contributed by atoms with Gasteiger partial charge in [0.05, 0.1) is 11.6 Å². The first kappa shape index (κ1) is 14.8. The zero-order chi connectivity index (χ0) is 13.7. The summed E-state index contributed by atoms with van der Waals surface area (Å²) in [5.74, 6) is -0.250. The standard InChI is InChI=1S/C15H21ClFNO/c1-19-10-9-18-11-15(7-2-3-8-15)12-5-4-6-13(16)14(12)17/h4-6,18H,2-3,7-11H2,1H3. The van der Waals surface area contributed by atoms with Crippen molar-refractivity contribution < 1.29 is 9.13 Å². The van der Waals surface area contributed by atoms with Crippen LogP contribution in [0, 0.1) is 5.82 Å². The predicted molar refractivity (Wildman–Crippen MR) is 76.3 cm³/mol. The molecule has 2 nitrogen and oxygen atoms in total. The summed E-state index contributed by atoms with van der Waals surface area (Å²) in [7, 11) is 1.68. The van der Waals surface area contributed by atoms with E-state index in [1.54, 1.807) is 13.2 Å². The molecule has 1 aliphatic carbocycles. The maximum absolute atomic E-state index is 14.3. The van der Waals surface area contributed by atoms with Crippen LogP contribution in [-0.4, -0.2) is 26.8 Å². The van der Waals surface area contributed by atoms with Gasteiger partial charge in [-0.1, -0.05) is 36.6 Å². The molecule has 1 aromatic carbocycles. The van der Waals surface area contributed by atoms with E-state index in [1.165, 1.54) is 0 Å². The lowest BCUT2D eigenvalue weighted by atomic mass is 9.78. The van der Waals surface area contributed by atoms with Crippen molar-refractivity contribution in [3.05, 3.63) is 34.6 Å². The van der Waals surface area contributed by atoms with Gasteiger partial charge in [-0.2, -0.15) is 0 Å². The van der Waals surface area contributed by atoms with Crippen molar-refractivity contribution in [3.63, 3.8) is 0 Å². The number of methoxy groups -OCH3 is 1. The van der Waals surface area contributed by atoms with E-state index in [1.807, 2.05) is 12.1 Å². The smallest absolute Gasteiger partial charge is 0.145 e. The van der Waals surface area contributed by atoms with Gasteiger partial charge < -0.3 is 10.1 Å². The number of halogens is 2. The fraction of sp³-hybridized carbons (Fsp3) is 0.600. The van der Waals surface area contributed by atoms with Crippen molar-refractivity contribution in [2.45, 2.75) is 31.1 Å². The van der Waals surface area contributed by atoms with Crippen LogP contribution in [0.4, 0.5) is 4.39 Å². The Morgan fingerprint density at radius 1 is 1.37 bits per heavy atom. The molecule has 0 radical (unpaired) electrons. The van der Waals surface area contributed by atoms with E-state index < -0.39 is 0 Å². The van der Waals surface area contributed by atoms with Crippen LogP contribution in [0.25, 0.3) is 0 Å². The fourth-order valence-corrected chi connectivity index (χ4v) is 3.18. The van der Waals surface area contributed by atoms with E-state index in [9.17, 15) is 4.39 Å². The molecule has 1 aliphatic rings. The van der Waals surface area contributed by atoms with Crippen molar-refractivity contribution in [2.75, 3.05) is 26.8 Å². The highest BCUT2D eigenvalue weighted by molar-refractivity contribution is 6.30. The molecule has 0 aliphatic heterocycles. The molecule has 106 valence electrons. The Labute approximate surface area is 119 Å². The maximum atomic E-state index is 14.3. The molecule has 1 aromatic rings. The summed E-state index contributed by atoms with van der Waals surface area (Å²) in [5.41, 5.74) is 0.658. The second kappa shape index (κ2) is 6.69. The highest BCUT2D eigenvalue weighted by Gasteiger charge is 2.37. The quantitative estimate of drug-likeness (QED) is 0.808. The summed E-state index contributed by atoms with van der Waals surface area (Å²) in [6, 6.07) is 5.34. The van der Waals surface area contributed by atoms with Gasteiger partial charge in [-0.05, 0) is 24.5 Å². The first-order chi connectivity index (χ1) is 9.19. The van der Waals surface area contributed by atoms with E-state index >= 15 is 0 Å². The number of nitrogens with one attached hydrogen (secondary N) is 1. The molecule has 0 aromatic heterocycles. The highest BCUT2D eigenvalue weighted by atomic mass is 35.5. The topological polar surface area (TPSA) is 21.3 Å². The van der Waals surface area contributed by atoms with Gasteiger partial charge >= 0.3 is 0 Å². The third-order valence-corrected chi connectivity index (χ3v) is 4.32. The van der Waals surface area contributed by atoms with E-state index in [-0.39, 0.29) is 16.3 Å². The van der Waals surface area contributed by atoms with Gasteiger partial charge in [0, 0.05) is 25.6 Å². The lowest BCUT2D eigenvalue weighted by Crippen LogP contribution is -2.38. The van der Waals surface area contributed by atoms with Gasteiger partial charge in [0.15, 0.2) is 0 Å². The van der Waals surface area contributed by atoms with Crippen LogP contribution in [-0.2, 0) is 10.2 Å². The molecule has 0 atom stereocenters. The van der Waals surface area contributed by atoms with Crippen LogP contribution in [0.3, 0.4) is 0 Å². The Hall–Kier alpha value is -0.640. The molecule has 1 saturated carbocycles. The Kier molecular flexibility index (Phi) is 5.20. The van der Waals surface area contributed by atoms with E-state index in [0.717, 1.165) is 44.3 Å². The third kappa shape index (κ3) is 3.28. The average molecular weight is 286 g/mol. The van der Waals surface area contributed by atoms with Gasteiger partial charge in [0.1, 0.15) is 5.82 Å². The molecule has 4 heteroatoms. The zero-order valence-electron chi connectivity index (χ0n) is 11.3. The molecule has 2 rings (SSSR count). The van der Waals surface area contributed by atoms with Gasteiger partial charge in [-0.15, -0.1) is 0 Å². The van der Waals surface area contributed by atoms with Gasteiger partial charge in [-0.3, -0.25) is 0 Å². The summed E-state index contributed by atoms with van der Waals surface area (Å²) < 4.78 is 19.3. The predicted octanol–water partition coefficient (Wildman–Crippen LogP) is 3.53. The zero-order valence-corrected chi connectivity index (χ0v) is 12.1. The summed E-state index contributed by atoms with van der Waals surface area (Å²) in [6.45, 7) is 2.25. The summed E-state index contributed by atoms with van der Waals surface area (Å²) in [6.07, 6.45) is 4.34. The Balaban J connectivity index is 2.16. The number of hydrogen-bond acceptors (Lipinski definition) is 2. The van der Waals surface area contributed by atoms with Crippen LogP contribution >= 0.6 is 11.6 Å². The number of ether oxygens (including phenoxy) is 1. The highest BCUT2D eigenvalue weighted by Crippen LogP contribution is 2.42. The largest absolute Gasteiger partial charge is 0.383 e. The van der Waals surface area contributed by atoms with E-state index in [0.29, 0.717) is 6.61 Å². The minimum Gasteiger partial charge on any atom is -0.383 e. The number of hydrogen-bond donors (Lipinski definition) is 1. The van der Waals surface area contributed by atoms with E-state index in [4.69, 9.17) is 16.3 Å². The molecule has 0 spiro atoms. The Morgan fingerprint density at radius 3 is 2.79 bits per heavy atom. The molecule has 1 fully saturated rings. The molecule has 0 amide bonds. The molecule has 0 unspecified atom stereocenters. The molecule has 1 N–H and O–H groups in total. The summed E-state index contributed by atoms with van der Waals surface area (Å²) >= 11 is 5.92. The molecule has 19 heavy (non-hydrogen) atoms. The number of benzene rings is 1. The monoisotopic (exact) mass is 285 g/mol. The van der Waals surface area contributed by atoms with Crippen molar-refractivity contribution in [3.8, 4) is 0 Å². The van der Waals surface area contributed by atoms with Gasteiger partial charge in [0.2, 0.25) is 0 Å². The molecular weight excluding hydrogens is 265 g/mol. The second-order valence-electron chi connectivity index (χ2n) is 5.26. The average Bonchev–Trinajstić information content (AvgIpc) is 2.88. The van der Waals surface area contributed by atoms with Crippen molar-refractivity contribution in [2.24, 2.45) is 0 Å². The molecule has 0 bridgehead atoms. The minimum atomic E-state index is -0.250.